The average molecular weight is 163 g/mol. The minimum atomic E-state index is -0.0350. The van der Waals surface area contributed by atoms with E-state index >= 15 is 0 Å². The smallest absolute Gasteiger partial charge is 0.128 e. The molecule has 1 aromatic rings. The van der Waals surface area contributed by atoms with E-state index in [9.17, 15) is 4.39 Å². The number of anilines is 1. The molecule has 3 rings (SSSR count). The van der Waals surface area contributed by atoms with Gasteiger partial charge in [0.1, 0.15) is 5.82 Å². The molecule has 2 atom stereocenters. The average Bonchev–Trinajstić information content (AvgIpc) is 2.82. The molecule has 1 heterocycles. The monoisotopic (exact) mass is 163 g/mol. The third-order valence-electron chi connectivity index (χ3n) is 2.90. The Bertz CT molecular complexity index is 335. The molecule has 0 saturated heterocycles. The fourth-order valence-corrected chi connectivity index (χ4v) is 2.14. The molecule has 1 fully saturated rings. The molecule has 0 radical (unpaired) electrons. The number of halogens is 1. The first kappa shape index (κ1) is 6.46. The van der Waals surface area contributed by atoms with Crippen molar-refractivity contribution >= 4 is 5.69 Å². The van der Waals surface area contributed by atoms with E-state index in [-0.39, 0.29) is 5.82 Å². The maximum Gasteiger partial charge on any atom is 0.128 e. The lowest BCUT2D eigenvalue weighted by Crippen LogP contribution is -2.12. The molecule has 1 aliphatic heterocycles. The summed E-state index contributed by atoms with van der Waals surface area (Å²) in [5.41, 5.74) is 1.93. The second-order valence-corrected chi connectivity index (χ2v) is 3.68. The zero-order valence-corrected chi connectivity index (χ0v) is 6.68. The van der Waals surface area contributed by atoms with Gasteiger partial charge in [-0.1, -0.05) is 6.07 Å². The number of benzene rings is 1. The molecular weight excluding hydrogens is 153 g/mol. The van der Waals surface area contributed by atoms with Gasteiger partial charge in [0.05, 0.1) is 0 Å². The molecule has 12 heavy (non-hydrogen) atoms. The van der Waals surface area contributed by atoms with Gasteiger partial charge in [-0.3, -0.25) is 0 Å². The molecule has 2 heteroatoms. The SMILES string of the molecule is Fc1cccc2c1C1CC1CN2. The summed E-state index contributed by atoms with van der Waals surface area (Å²) in [5, 5.41) is 3.25. The van der Waals surface area contributed by atoms with Crippen molar-refractivity contribution in [3.63, 3.8) is 0 Å². The lowest BCUT2D eigenvalue weighted by Gasteiger charge is -2.17. The molecule has 1 N–H and O–H groups in total. The Morgan fingerprint density at radius 2 is 2.33 bits per heavy atom. The number of nitrogens with one attached hydrogen (secondary N) is 1. The number of rotatable bonds is 0. The van der Waals surface area contributed by atoms with Crippen LogP contribution < -0.4 is 5.32 Å². The topological polar surface area (TPSA) is 12.0 Å². The van der Waals surface area contributed by atoms with Crippen LogP contribution in [0.2, 0.25) is 0 Å². The maximum atomic E-state index is 13.3. The second-order valence-electron chi connectivity index (χ2n) is 3.68. The predicted octanol–water partition coefficient (Wildman–Crippen LogP) is 2.35. The lowest BCUT2D eigenvalue weighted by atomic mass is 10.0. The Morgan fingerprint density at radius 3 is 3.25 bits per heavy atom. The second kappa shape index (κ2) is 2.00. The molecule has 2 aliphatic rings. The van der Waals surface area contributed by atoms with Crippen LogP contribution in [-0.2, 0) is 0 Å². The fraction of sp³-hybridized carbons (Fsp3) is 0.400. The highest BCUT2D eigenvalue weighted by Crippen LogP contribution is 2.53. The van der Waals surface area contributed by atoms with Gasteiger partial charge in [0.15, 0.2) is 0 Å². The molecule has 0 spiro atoms. The highest BCUT2D eigenvalue weighted by Gasteiger charge is 2.43. The van der Waals surface area contributed by atoms with E-state index in [0.29, 0.717) is 11.8 Å². The normalized spacial score (nSPS) is 30.1. The largest absolute Gasteiger partial charge is 0.384 e. The maximum absolute atomic E-state index is 13.3. The third-order valence-corrected chi connectivity index (χ3v) is 2.90. The number of hydrogen-bond donors (Lipinski definition) is 1. The minimum absolute atomic E-state index is 0.0350. The van der Waals surface area contributed by atoms with Crippen molar-refractivity contribution in [3.8, 4) is 0 Å². The summed E-state index contributed by atoms with van der Waals surface area (Å²) in [6.45, 7) is 1.03. The summed E-state index contributed by atoms with van der Waals surface area (Å²) >= 11 is 0. The molecule has 0 bridgehead atoms. The van der Waals surface area contributed by atoms with Gasteiger partial charge in [-0.05, 0) is 30.4 Å². The fourth-order valence-electron chi connectivity index (χ4n) is 2.14. The van der Waals surface area contributed by atoms with Crippen molar-refractivity contribution in [1.29, 1.82) is 0 Å². The first-order valence-electron chi connectivity index (χ1n) is 4.38. The van der Waals surface area contributed by atoms with Gasteiger partial charge in [0.2, 0.25) is 0 Å². The van der Waals surface area contributed by atoms with Crippen LogP contribution in [-0.4, -0.2) is 6.54 Å². The van der Waals surface area contributed by atoms with E-state index < -0.39 is 0 Å². The predicted molar refractivity (Wildman–Crippen MR) is 45.7 cm³/mol. The highest BCUT2D eigenvalue weighted by atomic mass is 19.1. The quantitative estimate of drug-likeness (QED) is 0.619. The highest BCUT2D eigenvalue weighted by molar-refractivity contribution is 5.58. The summed E-state index contributed by atoms with van der Waals surface area (Å²) in [5.74, 6) is 1.18. The van der Waals surface area contributed by atoms with Gasteiger partial charge >= 0.3 is 0 Å². The van der Waals surface area contributed by atoms with Crippen LogP contribution in [0.4, 0.5) is 10.1 Å². The molecule has 1 nitrogen and oxygen atoms in total. The number of fused-ring (bicyclic) bond motifs is 3. The van der Waals surface area contributed by atoms with Gasteiger partial charge in [0.25, 0.3) is 0 Å². The van der Waals surface area contributed by atoms with E-state index in [0.717, 1.165) is 17.8 Å². The van der Waals surface area contributed by atoms with Crippen molar-refractivity contribution in [2.24, 2.45) is 5.92 Å². The van der Waals surface area contributed by atoms with Crippen molar-refractivity contribution < 1.29 is 4.39 Å². The summed E-state index contributed by atoms with van der Waals surface area (Å²) in [6, 6.07) is 5.29. The van der Waals surface area contributed by atoms with Gasteiger partial charge < -0.3 is 5.32 Å². The Kier molecular flexibility index (Phi) is 1.08. The van der Waals surface area contributed by atoms with Crippen LogP contribution in [0.15, 0.2) is 18.2 Å². The van der Waals surface area contributed by atoms with Crippen LogP contribution in [0.5, 0.6) is 0 Å². The van der Waals surface area contributed by atoms with E-state index in [1.807, 2.05) is 6.07 Å². The van der Waals surface area contributed by atoms with E-state index in [4.69, 9.17) is 0 Å². The summed E-state index contributed by atoms with van der Waals surface area (Å²) in [4.78, 5) is 0. The summed E-state index contributed by atoms with van der Waals surface area (Å²) < 4.78 is 13.3. The van der Waals surface area contributed by atoms with Gasteiger partial charge in [-0.15, -0.1) is 0 Å². The summed E-state index contributed by atoms with van der Waals surface area (Å²) in [7, 11) is 0. The molecule has 1 aliphatic carbocycles. The Labute approximate surface area is 70.6 Å². The van der Waals surface area contributed by atoms with Gasteiger partial charge in [-0.25, -0.2) is 4.39 Å². The van der Waals surface area contributed by atoms with E-state index in [1.54, 1.807) is 12.1 Å². The van der Waals surface area contributed by atoms with E-state index in [1.165, 1.54) is 6.42 Å². The summed E-state index contributed by atoms with van der Waals surface area (Å²) in [6.07, 6.45) is 1.17. The molecular formula is C10H10FN. The zero-order valence-electron chi connectivity index (χ0n) is 6.68. The Balaban J connectivity index is 2.19. The van der Waals surface area contributed by atoms with Gasteiger partial charge in [0, 0.05) is 17.8 Å². The van der Waals surface area contributed by atoms with Gasteiger partial charge in [-0.2, -0.15) is 0 Å². The van der Waals surface area contributed by atoms with Crippen molar-refractivity contribution in [2.75, 3.05) is 11.9 Å². The van der Waals surface area contributed by atoms with E-state index in [2.05, 4.69) is 5.32 Å². The van der Waals surface area contributed by atoms with Crippen molar-refractivity contribution in [1.82, 2.24) is 0 Å². The van der Waals surface area contributed by atoms with Crippen LogP contribution in [0.3, 0.4) is 0 Å². The van der Waals surface area contributed by atoms with Crippen molar-refractivity contribution in [2.45, 2.75) is 12.3 Å². The first-order valence-corrected chi connectivity index (χ1v) is 4.38. The third kappa shape index (κ3) is 0.724. The molecule has 0 amide bonds. The Morgan fingerprint density at radius 1 is 1.42 bits per heavy atom. The minimum Gasteiger partial charge on any atom is -0.384 e. The number of hydrogen-bond acceptors (Lipinski definition) is 1. The molecule has 62 valence electrons. The van der Waals surface area contributed by atoms with Crippen LogP contribution in [0.25, 0.3) is 0 Å². The van der Waals surface area contributed by atoms with Crippen LogP contribution in [0, 0.1) is 11.7 Å². The molecule has 0 aromatic heterocycles. The molecule has 2 unspecified atom stereocenters. The Hall–Kier alpha value is -1.05. The van der Waals surface area contributed by atoms with Crippen LogP contribution in [0.1, 0.15) is 17.9 Å². The first-order chi connectivity index (χ1) is 5.86. The van der Waals surface area contributed by atoms with Crippen LogP contribution >= 0.6 is 0 Å². The zero-order chi connectivity index (χ0) is 8.13. The standard InChI is InChI=1S/C10H10FN/c11-8-2-1-3-9-10(8)7-4-6(7)5-12-9/h1-3,6-7,12H,4-5H2. The lowest BCUT2D eigenvalue weighted by molar-refractivity contribution is 0.603. The molecule has 1 aromatic carbocycles. The molecule has 1 saturated carbocycles. The van der Waals surface area contributed by atoms with Crippen molar-refractivity contribution in [3.05, 3.63) is 29.6 Å².